The standard InChI is InChI=1S/C27H37N3O4/c1-28(17-21-6-10-23(33-2)11-7-21)25-19-29(20-26(25)31)18-22-8-12-24(13-9-22)34-16-4-15-30-14-3-5-27(30)32/h6-13,25-26,31H,3-5,14-20H2,1-2H3/t25-,26-/m0/s1. The largest absolute Gasteiger partial charge is 0.497 e. The monoisotopic (exact) mass is 467 g/mol. The Hall–Kier alpha value is -2.61. The van der Waals surface area contributed by atoms with Crippen molar-refractivity contribution >= 4 is 5.91 Å². The number of hydrogen-bond donors (Lipinski definition) is 1. The van der Waals surface area contributed by atoms with Gasteiger partial charge in [0.25, 0.3) is 0 Å². The van der Waals surface area contributed by atoms with Crippen molar-refractivity contribution in [3.8, 4) is 11.5 Å². The van der Waals surface area contributed by atoms with Crippen molar-refractivity contribution in [1.82, 2.24) is 14.7 Å². The van der Waals surface area contributed by atoms with Crippen LogP contribution in [0, 0.1) is 0 Å². The fraction of sp³-hybridized carbons (Fsp3) is 0.519. The Morgan fingerprint density at radius 2 is 1.74 bits per heavy atom. The summed E-state index contributed by atoms with van der Waals surface area (Å²) in [4.78, 5) is 18.1. The Morgan fingerprint density at radius 3 is 2.41 bits per heavy atom. The van der Waals surface area contributed by atoms with E-state index in [0.29, 0.717) is 19.6 Å². The Balaban J connectivity index is 1.20. The summed E-state index contributed by atoms with van der Waals surface area (Å²) < 4.78 is 11.1. The summed E-state index contributed by atoms with van der Waals surface area (Å²) in [7, 11) is 3.75. The topological polar surface area (TPSA) is 65.5 Å². The molecule has 184 valence electrons. The zero-order chi connectivity index (χ0) is 23.9. The van der Waals surface area contributed by atoms with Gasteiger partial charge in [0.05, 0.1) is 19.8 Å². The van der Waals surface area contributed by atoms with E-state index in [1.165, 1.54) is 11.1 Å². The molecular formula is C27H37N3O4. The molecule has 2 aromatic rings. The number of carbonyl (C=O) groups excluding carboxylic acids is 1. The third kappa shape index (κ3) is 6.50. The van der Waals surface area contributed by atoms with Gasteiger partial charge in [0.1, 0.15) is 11.5 Å². The minimum absolute atomic E-state index is 0.104. The lowest BCUT2D eigenvalue weighted by molar-refractivity contribution is -0.127. The number of likely N-dealkylation sites (tertiary alicyclic amines) is 2. The molecule has 4 rings (SSSR count). The molecule has 1 amide bonds. The first-order chi connectivity index (χ1) is 16.5. The van der Waals surface area contributed by atoms with E-state index in [4.69, 9.17) is 9.47 Å². The Kier molecular flexibility index (Phi) is 8.43. The highest BCUT2D eigenvalue weighted by atomic mass is 16.5. The number of hydrogen-bond acceptors (Lipinski definition) is 6. The molecule has 0 bridgehead atoms. The van der Waals surface area contributed by atoms with Gasteiger partial charge < -0.3 is 19.5 Å². The molecule has 2 heterocycles. The van der Waals surface area contributed by atoms with Crippen LogP contribution < -0.4 is 9.47 Å². The van der Waals surface area contributed by atoms with E-state index in [1.807, 2.05) is 29.2 Å². The average Bonchev–Trinajstić information content (AvgIpc) is 3.42. The van der Waals surface area contributed by atoms with E-state index in [-0.39, 0.29) is 18.1 Å². The highest BCUT2D eigenvalue weighted by Crippen LogP contribution is 2.22. The first-order valence-electron chi connectivity index (χ1n) is 12.2. The Labute approximate surface area is 202 Å². The molecule has 34 heavy (non-hydrogen) atoms. The van der Waals surface area contributed by atoms with E-state index >= 15 is 0 Å². The molecule has 0 unspecified atom stereocenters. The van der Waals surface area contributed by atoms with Gasteiger partial charge in [0.15, 0.2) is 0 Å². The molecule has 2 aromatic carbocycles. The summed E-state index contributed by atoms with van der Waals surface area (Å²) in [5.41, 5.74) is 2.41. The number of aliphatic hydroxyl groups excluding tert-OH is 1. The van der Waals surface area contributed by atoms with Crippen LogP contribution in [-0.2, 0) is 17.9 Å². The summed E-state index contributed by atoms with van der Waals surface area (Å²) >= 11 is 0. The SMILES string of the molecule is COc1ccc(CN(C)[C@H]2CN(Cc3ccc(OCCCN4CCCC4=O)cc3)C[C@@H]2O)cc1. The number of ether oxygens (including phenoxy) is 2. The van der Waals surface area contributed by atoms with Crippen LogP contribution in [0.3, 0.4) is 0 Å². The maximum absolute atomic E-state index is 11.7. The molecule has 7 nitrogen and oxygen atoms in total. The molecule has 0 aromatic heterocycles. The lowest BCUT2D eigenvalue weighted by atomic mass is 10.1. The molecule has 1 N–H and O–H groups in total. The van der Waals surface area contributed by atoms with Crippen molar-refractivity contribution in [2.45, 2.75) is 44.5 Å². The number of amides is 1. The van der Waals surface area contributed by atoms with Crippen LogP contribution in [0.2, 0.25) is 0 Å². The number of methoxy groups -OCH3 is 1. The van der Waals surface area contributed by atoms with E-state index in [9.17, 15) is 9.90 Å². The summed E-state index contributed by atoms with van der Waals surface area (Å²) in [6.45, 7) is 5.38. The molecule has 0 aliphatic carbocycles. The van der Waals surface area contributed by atoms with Crippen molar-refractivity contribution in [2.24, 2.45) is 0 Å². The second-order valence-corrected chi connectivity index (χ2v) is 9.42. The molecule has 0 saturated carbocycles. The lowest BCUT2D eigenvalue weighted by Gasteiger charge is -2.26. The number of rotatable bonds is 11. The van der Waals surface area contributed by atoms with Crippen LogP contribution in [0.25, 0.3) is 0 Å². The summed E-state index contributed by atoms with van der Waals surface area (Å²) in [6, 6.07) is 16.4. The van der Waals surface area contributed by atoms with E-state index in [1.54, 1.807) is 7.11 Å². The molecule has 2 aliphatic rings. The quantitative estimate of drug-likeness (QED) is 0.513. The number of benzene rings is 2. The van der Waals surface area contributed by atoms with Crippen molar-refractivity contribution < 1.29 is 19.4 Å². The van der Waals surface area contributed by atoms with Crippen molar-refractivity contribution in [3.63, 3.8) is 0 Å². The highest BCUT2D eigenvalue weighted by molar-refractivity contribution is 5.77. The number of β-amino-alcohol motifs (C(OH)–C–C–N with tert-alkyl or cyclic N) is 1. The van der Waals surface area contributed by atoms with Crippen LogP contribution in [-0.4, -0.2) is 84.8 Å². The maximum Gasteiger partial charge on any atom is 0.222 e. The number of nitrogens with zero attached hydrogens (tertiary/aromatic N) is 3. The smallest absolute Gasteiger partial charge is 0.222 e. The zero-order valence-corrected chi connectivity index (χ0v) is 20.4. The molecular weight excluding hydrogens is 430 g/mol. The molecule has 2 fully saturated rings. The molecule has 0 spiro atoms. The van der Waals surface area contributed by atoms with Crippen LogP contribution >= 0.6 is 0 Å². The van der Waals surface area contributed by atoms with E-state index in [0.717, 1.165) is 57.1 Å². The van der Waals surface area contributed by atoms with Crippen LogP contribution in [0.1, 0.15) is 30.4 Å². The Bertz CT molecular complexity index is 918. The summed E-state index contributed by atoms with van der Waals surface area (Å²) in [5, 5.41) is 10.7. The van der Waals surface area contributed by atoms with Gasteiger partial charge in [-0.25, -0.2) is 0 Å². The van der Waals surface area contributed by atoms with Crippen molar-refractivity contribution in [2.75, 3.05) is 46.9 Å². The van der Waals surface area contributed by atoms with E-state index < -0.39 is 0 Å². The normalized spacial score (nSPS) is 20.9. The first-order valence-corrected chi connectivity index (χ1v) is 12.2. The van der Waals surface area contributed by atoms with Gasteiger partial charge in [0, 0.05) is 51.7 Å². The predicted molar refractivity (Wildman–Crippen MR) is 132 cm³/mol. The van der Waals surface area contributed by atoms with Gasteiger partial charge in [-0.2, -0.15) is 0 Å². The van der Waals surface area contributed by atoms with Crippen LogP contribution in [0.15, 0.2) is 48.5 Å². The summed E-state index contributed by atoms with van der Waals surface area (Å²) in [6.07, 6.45) is 2.16. The van der Waals surface area contributed by atoms with Gasteiger partial charge in [-0.05, 0) is 55.3 Å². The molecule has 0 radical (unpaired) electrons. The fourth-order valence-electron chi connectivity index (χ4n) is 4.88. The van der Waals surface area contributed by atoms with Gasteiger partial charge in [0.2, 0.25) is 5.91 Å². The van der Waals surface area contributed by atoms with Crippen molar-refractivity contribution in [3.05, 3.63) is 59.7 Å². The third-order valence-electron chi connectivity index (χ3n) is 6.83. The van der Waals surface area contributed by atoms with Crippen LogP contribution in [0.4, 0.5) is 0 Å². The molecule has 7 heteroatoms. The summed E-state index contributed by atoms with van der Waals surface area (Å²) in [5.74, 6) is 1.98. The number of likely N-dealkylation sites (N-methyl/N-ethyl adjacent to an activating group) is 1. The lowest BCUT2D eigenvalue weighted by Crippen LogP contribution is -2.40. The number of aliphatic hydroxyl groups is 1. The first kappa shape index (κ1) is 24.5. The zero-order valence-electron chi connectivity index (χ0n) is 20.4. The minimum atomic E-state index is -0.367. The maximum atomic E-state index is 11.7. The number of carbonyl (C=O) groups is 1. The fourth-order valence-corrected chi connectivity index (χ4v) is 4.88. The van der Waals surface area contributed by atoms with Gasteiger partial charge in [-0.15, -0.1) is 0 Å². The Morgan fingerprint density at radius 1 is 1.03 bits per heavy atom. The van der Waals surface area contributed by atoms with Crippen LogP contribution in [0.5, 0.6) is 11.5 Å². The third-order valence-corrected chi connectivity index (χ3v) is 6.83. The van der Waals surface area contributed by atoms with E-state index in [2.05, 4.69) is 41.1 Å². The molecule has 2 aliphatic heterocycles. The predicted octanol–water partition coefficient (Wildman–Crippen LogP) is 2.76. The highest BCUT2D eigenvalue weighted by Gasteiger charge is 2.33. The second kappa shape index (κ2) is 11.7. The second-order valence-electron chi connectivity index (χ2n) is 9.42. The minimum Gasteiger partial charge on any atom is -0.497 e. The molecule has 2 atom stereocenters. The van der Waals surface area contributed by atoms with Gasteiger partial charge >= 0.3 is 0 Å². The van der Waals surface area contributed by atoms with Crippen molar-refractivity contribution in [1.29, 1.82) is 0 Å². The molecule has 2 saturated heterocycles. The van der Waals surface area contributed by atoms with Gasteiger partial charge in [-0.1, -0.05) is 24.3 Å². The van der Waals surface area contributed by atoms with Gasteiger partial charge in [-0.3, -0.25) is 14.6 Å². The average molecular weight is 468 g/mol.